The molecule has 1 aromatic rings. The number of alkyl halides is 3. The monoisotopic (exact) mass is 313 g/mol. The van der Waals surface area contributed by atoms with E-state index in [1.165, 1.54) is 6.07 Å². The summed E-state index contributed by atoms with van der Waals surface area (Å²) in [5, 5.41) is 8.57. The van der Waals surface area contributed by atoms with Gasteiger partial charge in [-0.15, -0.1) is 11.6 Å². The van der Waals surface area contributed by atoms with Gasteiger partial charge >= 0.3 is 5.97 Å². The maximum Gasteiger partial charge on any atom is 0.309 e. The van der Waals surface area contributed by atoms with Gasteiger partial charge in [0.2, 0.25) is 0 Å². The van der Waals surface area contributed by atoms with E-state index in [2.05, 4.69) is 20.9 Å². The summed E-state index contributed by atoms with van der Waals surface area (Å²) in [5.41, 5.74) is -0.205. The van der Waals surface area contributed by atoms with Crippen LogP contribution in [0.5, 0.6) is 0 Å². The van der Waals surface area contributed by atoms with Crippen LogP contribution in [-0.4, -0.2) is 16.1 Å². The smallest absolute Gasteiger partial charge is 0.309 e. The molecule has 0 saturated heterocycles. The fraction of sp³-hybridized carbons (Fsp3) is 0.333. The quantitative estimate of drug-likeness (QED) is 0.869. The highest BCUT2D eigenvalue weighted by molar-refractivity contribution is 9.10. The van der Waals surface area contributed by atoms with Crippen molar-refractivity contribution >= 4 is 33.5 Å². The maximum absolute atomic E-state index is 12.6. The van der Waals surface area contributed by atoms with Gasteiger partial charge in [0.15, 0.2) is 0 Å². The highest BCUT2D eigenvalue weighted by atomic mass is 79.9. The lowest BCUT2D eigenvalue weighted by Gasteiger charge is -2.09. The number of carbonyl (C=O) groups is 1. The van der Waals surface area contributed by atoms with E-state index in [0.29, 0.717) is 4.47 Å². The number of nitrogens with zero attached hydrogens (tertiary/aromatic N) is 1. The van der Waals surface area contributed by atoms with Crippen molar-refractivity contribution in [3.8, 4) is 0 Å². The van der Waals surface area contributed by atoms with Gasteiger partial charge in [0.1, 0.15) is 5.69 Å². The first-order valence-corrected chi connectivity index (χ1v) is 5.52. The molecule has 1 rings (SSSR count). The minimum atomic E-state index is -2.77. The Hall–Kier alpha value is -0.750. The number of hydrogen-bond acceptors (Lipinski definition) is 2. The Balaban J connectivity index is 3.21. The van der Waals surface area contributed by atoms with E-state index < -0.39 is 24.5 Å². The Morgan fingerprint density at radius 2 is 2.25 bits per heavy atom. The third-order valence-corrected chi connectivity index (χ3v) is 2.80. The summed E-state index contributed by atoms with van der Waals surface area (Å²) in [6.45, 7) is 0. The SMILES string of the molecule is O=C(O)Cc1nc(C(F)F)c(CCl)cc1Br. The largest absolute Gasteiger partial charge is 0.481 e. The van der Waals surface area contributed by atoms with Crippen molar-refractivity contribution in [3.05, 3.63) is 27.5 Å². The van der Waals surface area contributed by atoms with Crippen LogP contribution in [-0.2, 0) is 17.1 Å². The second kappa shape index (κ2) is 5.54. The number of hydrogen-bond donors (Lipinski definition) is 1. The molecule has 0 aliphatic rings. The van der Waals surface area contributed by atoms with Crippen LogP contribution in [0.1, 0.15) is 23.4 Å². The van der Waals surface area contributed by atoms with Crippen LogP contribution in [0.2, 0.25) is 0 Å². The molecule has 0 aliphatic carbocycles. The van der Waals surface area contributed by atoms with E-state index in [-0.39, 0.29) is 17.1 Å². The molecule has 0 amide bonds. The van der Waals surface area contributed by atoms with Gasteiger partial charge in [-0.25, -0.2) is 13.8 Å². The molecule has 0 bridgehead atoms. The first-order valence-electron chi connectivity index (χ1n) is 4.19. The second-order valence-electron chi connectivity index (χ2n) is 2.97. The molecule has 1 aromatic heterocycles. The lowest BCUT2D eigenvalue weighted by molar-refractivity contribution is -0.136. The van der Waals surface area contributed by atoms with E-state index in [1.54, 1.807) is 0 Å². The third kappa shape index (κ3) is 3.12. The van der Waals surface area contributed by atoms with Gasteiger partial charge < -0.3 is 5.11 Å². The van der Waals surface area contributed by atoms with E-state index in [9.17, 15) is 13.6 Å². The molecule has 0 saturated carbocycles. The van der Waals surface area contributed by atoms with Crippen molar-refractivity contribution < 1.29 is 18.7 Å². The average molecular weight is 315 g/mol. The molecule has 88 valence electrons. The zero-order valence-electron chi connectivity index (χ0n) is 7.88. The Morgan fingerprint density at radius 3 is 2.69 bits per heavy atom. The minimum Gasteiger partial charge on any atom is -0.481 e. The predicted octanol–water partition coefficient (Wildman–Crippen LogP) is 3.15. The predicted molar refractivity (Wildman–Crippen MR) is 57.8 cm³/mol. The lowest BCUT2D eigenvalue weighted by atomic mass is 10.1. The number of halogens is 4. The Kier molecular flexibility index (Phi) is 4.61. The number of carboxylic acid groups (broad SMARTS) is 1. The molecule has 16 heavy (non-hydrogen) atoms. The zero-order chi connectivity index (χ0) is 12.3. The van der Waals surface area contributed by atoms with Crippen molar-refractivity contribution in [1.82, 2.24) is 4.98 Å². The van der Waals surface area contributed by atoms with Crippen LogP contribution >= 0.6 is 27.5 Å². The fourth-order valence-electron chi connectivity index (χ4n) is 1.14. The second-order valence-corrected chi connectivity index (χ2v) is 4.09. The number of aromatic nitrogens is 1. The molecule has 0 spiro atoms. The average Bonchev–Trinajstić information content (AvgIpc) is 2.19. The van der Waals surface area contributed by atoms with Crippen LogP contribution in [0.25, 0.3) is 0 Å². The van der Waals surface area contributed by atoms with Crippen LogP contribution in [0.3, 0.4) is 0 Å². The molecule has 0 aromatic carbocycles. The topological polar surface area (TPSA) is 50.2 Å². The summed E-state index contributed by atoms with van der Waals surface area (Å²) < 4.78 is 25.5. The number of rotatable bonds is 4. The molecule has 0 atom stereocenters. The van der Waals surface area contributed by atoms with Gasteiger partial charge in [0, 0.05) is 10.4 Å². The van der Waals surface area contributed by atoms with Gasteiger partial charge in [-0.1, -0.05) is 0 Å². The van der Waals surface area contributed by atoms with Crippen molar-refractivity contribution in [2.45, 2.75) is 18.7 Å². The number of pyridine rings is 1. The number of aliphatic carboxylic acids is 1. The summed E-state index contributed by atoms with van der Waals surface area (Å²) in [4.78, 5) is 14.1. The normalized spacial score (nSPS) is 10.8. The van der Waals surface area contributed by atoms with Crippen LogP contribution in [0.4, 0.5) is 8.78 Å². The Morgan fingerprint density at radius 1 is 1.62 bits per heavy atom. The molecule has 7 heteroatoms. The van der Waals surface area contributed by atoms with Gasteiger partial charge in [0.25, 0.3) is 6.43 Å². The first kappa shape index (κ1) is 13.3. The van der Waals surface area contributed by atoms with Gasteiger partial charge in [0.05, 0.1) is 12.1 Å². The fourth-order valence-corrected chi connectivity index (χ4v) is 1.86. The van der Waals surface area contributed by atoms with Gasteiger partial charge in [-0.2, -0.15) is 0 Å². The van der Waals surface area contributed by atoms with Crippen molar-refractivity contribution in [1.29, 1.82) is 0 Å². The Labute approximate surface area is 104 Å². The Bertz CT molecular complexity index is 415. The molecular formula is C9H7BrClF2NO2. The molecule has 1 heterocycles. The molecule has 1 N–H and O–H groups in total. The summed E-state index contributed by atoms with van der Waals surface area (Å²) in [5.74, 6) is -1.23. The van der Waals surface area contributed by atoms with E-state index in [1.807, 2.05) is 0 Å². The summed E-state index contributed by atoms with van der Waals surface area (Å²) >= 11 is 8.57. The number of carboxylic acids is 1. The van der Waals surface area contributed by atoms with Gasteiger partial charge in [-0.3, -0.25) is 4.79 Å². The summed E-state index contributed by atoms with van der Waals surface area (Å²) in [7, 11) is 0. The van der Waals surface area contributed by atoms with Crippen molar-refractivity contribution in [2.75, 3.05) is 0 Å². The van der Waals surface area contributed by atoms with Crippen LogP contribution in [0, 0.1) is 0 Å². The maximum atomic E-state index is 12.6. The zero-order valence-corrected chi connectivity index (χ0v) is 10.2. The van der Waals surface area contributed by atoms with Gasteiger partial charge in [-0.05, 0) is 27.6 Å². The first-order chi connectivity index (χ1) is 7.45. The molecular weight excluding hydrogens is 307 g/mol. The molecule has 0 fully saturated rings. The lowest BCUT2D eigenvalue weighted by Crippen LogP contribution is -2.07. The van der Waals surface area contributed by atoms with Crippen molar-refractivity contribution in [3.63, 3.8) is 0 Å². The summed E-state index contributed by atoms with van der Waals surface area (Å²) in [6.07, 6.45) is -3.18. The molecule has 0 unspecified atom stereocenters. The van der Waals surface area contributed by atoms with Crippen LogP contribution < -0.4 is 0 Å². The molecule has 0 aliphatic heterocycles. The van der Waals surface area contributed by atoms with Crippen LogP contribution in [0.15, 0.2) is 10.5 Å². The van der Waals surface area contributed by atoms with E-state index in [0.717, 1.165) is 0 Å². The summed E-state index contributed by atoms with van der Waals surface area (Å²) in [6, 6.07) is 1.37. The van der Waals surface area contributed by atoms with E-state index >= 15 is 0 Å². The third-order valence-electron chi connectivity index (χ3n) is 1.83. The highest BCUT2D eigenvalue weighted by Gasteiger charge is 2.18. The molecule has 0 radical (unpaired) electrons. The van der Waals surface area contributed by atoms with E-state index in [4.69, 9.17) is 16.7 Å². The molecule has 3 nitrogen and oxygen atoms in total. The van der Waals surface area contributed by atoms with Crippen molar-refractivity contribution in [2.24, 2.45) is 0 Å². The highest BCUT2D eigenvalue weighted by Crippen LogP contribution is 2.27. The standard InChI is InChI=1S/C9H7BrClF2NO2/c10-5-1-4(3-11)8(9(12)13)14-6(5)2-7(15)16/h1,9H,2-3H2,(H,15,16). The minimum absolute atomic E-state index is 0.0664.